The molecule has 0 atom stereocenters. The van der Waals surface area contributed by atoms with Crippen LogP contribution in [0.2, 0.25) is 0 Å². The molecule has 0 amide bonds. The number of rotatable bonds is 1. The van der Waals surface area contributed by atoms with Crippen LogP contribution in [-0.4, -0.2) is 33.1 Å². The average Bonchev–Trinajstić information content (AvgIpc) is 1.37. The maximum absolute atomic E-state index is 4.44. The predicted molar refractivity (Wildman–Crippen MR) is 28.2 cm³/mol. The third-order valence-electron chi connectivity index (χ3n) is 0.118. The first-order valence-corrected chi connectivity index (χ1v) is 1.68. The van der Waals surface area contributed by atoms with Crippen molar-refractivity contribution in [3.8, 4) is 0 Å². The molecule has 0 aromatic heterocycles. The molecular formula is C3H5STl. The molecular weight excluding hydrogens is 272 g/mol. The first-order chi connectivity index (χ1) is 1.91. The van der Waals surface area contributed by atoms with Crippen LogP contribution in [0.25, 0.3) is 0 Å². The van der Waals surface area contributed by atoms with Crippen LogP contribution in [0.3, 0.4) is 0 Å². The van der Waals surface area contributed by atoms with Crippen molar-refractivity contribution in [2.45, 2.75) is 0 Å². The summed E-state index contributed by atoms with van der Waals surface area (Å²) >= 11 is 4.44. The molecule has 0 spiro atoms. The van der Waals surface area contributed by atoms with Gasteiger partial charge < -0.3 is 12.6 Å². The Morgan fingerprint density at radius 1 is 1.80 bits per heavy atom. The van der Waals surface area contributed by atoms with Gasteiger partial charge >= 0.3 is 27.3 Å². The van der Waals surface area contributed by atoms with E-state index in [1.807, 2.05) is 0 Å². The van der Waals surface area contributed by atoms with E-state index in [2.05, 4.69) is 19.2 Å². The van der Waals surface area contributed by atoms with E-state index in [-0.39, 0.29) is 27.3 Å². The van der Waals surface area contributed by atoms with Crippen LogP contribution in [0.4, 0.5) is 0 Å². The summed E-state index contributed by atoms with van der Waals surface area (Å²) in [6.45, 7) is 3.38. The van der Waals surface area contributed by atoms with E-state index in [4.69, 9.17) is 0 Å². The Kier molecular flexibility index (Phi) is 16.7. The maximum Gasteiger partial charge on any atom is 1.00 e. The zero-order valence-electron chi connectivity index (χ0n) is 2.98. The molecule has 0 heterocycles. The van der Waals surface area contributed by atoms with Crippen LogP contribution in [0.15, 0.2) is 12.7 Å². The van der Waals surface area contributed by atoms with Gasteiger partial charge in [-0.3, -0.25) is 0 Å². The molecule has 0 aliphatic rings. The third-order valence-corrected chi connectivity index (χ3v) is 0.354. The summed E-state index contributed by atoms with van der Waals surface area (Å²) in [5, 5.41) is 0. The van der Waals surface area contributed by atoms with Gasteiger partial charge in [-0.05, 0) is 0 Å². The molecule has 0 bridgehead atoms. The van der Waals surface area contributed by atoms with Gasteiger partial charge in [-0.15, -0.1) is 12.7 Å². The molecule has 0 fully saturated rings. The van der Waals surface area contributed by atoms with Crippen LogP contribution in [0.5, 0.6) is 0 Å². The molecule has 2 heteroatoms. The minimum atomic E-state index is 0. The average molecular weight is 278 g/mol. The zero-order valence-corrected chi connectivity index (χ0v) is 8.28. The summed E-state index contributed by atoms with van der Waals surface area (Å²) in [5.74, 6) is 0.667. The minimum Gasteiger partial charge on any atom is -0.789 e. The summed E-state index contributed by atoms with van der Waals surface area (Å²) in [6.07, 6.45) is 1.69. The van der Waals surface area contributed by atoms with Crippen molar-refractivity contribution < 1.29 is 0 Å². The molecule has 0 unspecified atom stereocenters. The molecule has 0 aromatic rings. The molecule has 26 valence electrons. The second-order valence-electron chi connectivity index (χ2n) is 0.455. The van der Waals surface area contributed by atoms with E-state index in [1.165, 1.54) is 0 Å². The Bertz CT molecular complexity index is 20.9. The third kappa shape index (κ3) is 11.2. The minimum absolute atomic E-state index is 0. The maximum atomic E-state index is 4.44. The number of hydrogen-bond acceptors (Lipinski definition) is 1. The van der Waals surface area contributed by atoms with Crippen molar-refractivity contribution in [1.82, 2.24) is 0 Å². The molecule has 0 saturated carbocycles. The van der Waals surface area contributed by atoms with Gasteiger partial charge in [0.05, 0.1) is 0 Å². The van der Waals surface area contributed by atoms with Gasteiger partial charge in [-0.2, -0.15) is 5.75 Å². The van der Waals surface area contributed by atoms with E-state index in [1.54, 1.807) is 6.08 Å². The molecule has 0 aliphatic heterocycles. The van der Waals surface area contributed by atoms with Gasteiger partial charge in [-0.25, -0.2) is 0 Å². The summed E-state index contributed by atoms with van der Waals surface area (Å²) < 4.78 is 0. The fraction of sp³-hybridized carbons (Fsp3) is 0.333. The Labute approximate surface area is 58.2 Å². The summed E-state index contributed by atoms with van der Waals surface area (Å²) in [5.41, 5.74) is 0. The molecule has 0 radical (unpaired) electrons. The second kappa shape index (κ2) is 8.89. The molecule has 0 aliphatic carbocycles. The Morgan fingerprint density at radius 2 is 2.00 bits per heavy atom. The quantitative estimate of drug-likeness (QED) is 0.378. The summed E-state index contributed by atoms with van der Waals surface area (Å²) in [7, 11) is 0. The van der Waals surface area contributed by atoms with E-state index >= 15 is 0 Å². The van der Waals surface area contributed by atoms with Crippen molar-refractivity contribution in [1.29, 1.82) is 0 Å². The van der Waals surface area contributed by atoms with Crippen LogP contribution in [0, 0.1) is 0 Å². The largest absolute Gasteiger partial charge is 1.00 e. The van der Waals surface area contributed by atoms with Gasteiger partial charge in [0.1, 0.15) is 0 Å². The topological polar surface area (TPSA) is 0 Å². The van der Waals surface area contributed by atoms with Crippen molar-refractivity contribution in [3.63, 3.8) is 0 Å². The molecule has 0 nitrogen and oxygen atoms in total. The SMILES string of the molecule is C=CC[S-].[Tl+]. The van der Waals surface area contributed by atoms with Gasteiger partial charge in [0.2, 0.25) is 0 Å². The van der Waals surface area contributed by atoms with Gasteiger partial charge in [0.25, 0.3) is 0 Å². The van der Waals surface area contributed by atoms with E-state index in [0.29, 0.717) is 5.75 Å². The van der Waals surface area contributed by atoms with Crippen molar-refractivity contribution in [2.75, 3.05) is 5.75 Å². The monoisotopic (exact) mass is 278 g/mol. The van der Waals surface area contributed by atoms with E-state index < -0.39 is 0 Å². The summed E-state index contributed by atoms with van der Waals surface area (Å²) in [6, 6.07) is 0. The Balaban J connectivity index is 0. The molecule has 0 rings (SSSR count). The predicted octanol–water partition coefficient (Wildman–Crippen LogP) is 0.338. The molecule has 0 aromatic carbocycles. The van der Waals surface area contributed by atoms with Crippen molar-refractivity contribution >= 4 is 39.9 Å². The van der Waals surface area contributed by atoms with E-state index in [0.717, 1.165) is 0 Å². The smallest absolute Gasteiger partial charge is 0.789 e. The fourth-order valence-electron chi connectivity index (χ4n) is 0. The normalized spacial score (nSPS) is 5.00. The van der Waals surface area contributed by atoms with Crippen LogP contribution in [-0.2, 0) is 12.6 Å². The zero-order chi connectivity index (χ0) is 3.41. The van der Waals surface area contributed by atoms with Crippen LogP contribution >= 0.6 is 0 Å². The Hall–Kier alpha value is 1.01. The Morgan fingerprint density at radius 3 is 2.00 bits per heavy atom. The van der Waals surface area contributed by atoms with Gasteiger partial charge in [0, 0.05) is 0 Å². The number of hydrogen-bond donors (Lipinski definition) is 0. The van der Waals surface area contributed by atoms with Crippen LogP contribution in [0.1, 0.15) is 0 Å². The first-order valence-electron chi connectivity index (χ1n) is 1.11. The standard InChI is InChI=1S/C3H6S.Tl/c1-2-3-4;/h2,4H,1,3H2;/q;+1/p-1. The first kappa shape index (κ1) is 9.38. The fourth-order valence-corrected chi connectivity index (χ4v) is 0. The van der Waals surface area contributed by atoms with Gasteiger partial charge in [-0.1, -0.05) is 0 Å². The molecule has 0 N–H and O–H groups in total. The molecule has 5 heavy (non-hydrogen) atoms. The molecule has 0 saturated heterocycles. The van der Waals surface area contributed by atoms with Crippen LogP contribution < -0.4 is 0 Å². The summed E-state index contributed by atoms with van der Waals surface area (Å²) in [4.78, 5) is 0. The van der Waals surface area contributed by atoms with Crippen molar-refractivity contribution in [2.24, 2.45) is 0 Å². The van der Waals surface area contributed by atoms with E-state index in [9.17, 15) is 0 Å². The van der Waals surface area contributed by atoms with Gasteiger partial charge in [0.15, 0.2) is 0 Å². The van der Waals surface area contributed by atoms with Crippen molar-refractivity contribution in [3.05, 3.63) is 12.7 Å². The second-order valence-corrected chi connectivity index (χ2v) is 0.789.